The Hall–Kier alpha value is -1.92. The van der Waals surface area contributed by atoms with Gasteiger partial charge in [-0.1, -0.05) is 18.3 Å². The van der Waals surface area contributed by atoms with E-state index in [1.807, 2.05) is 18.2 Å². The van der Waals surface area contributed by atoms with Crippen LogP contribution in [0.25, 0.3) is 0 Å². The van der Waals surface area contributed by atoms with Crippen LogP contribution < -0.4 is 9.47 Å². The Morgan fingerprint density at radius 2 is 1.86 bits per heavy atom. The molecule has 1 aromatic heterocycles. The molecule has 0 fully saturated rings. The van der Waals surface area contributed by atoms with Gasteiger partial charge in [0.1, 0.15) is 10.5 Å². The van der Waals surface area contributed by atoms with Gasteiger partial charge in [0.15, 0.2) is 11.5 Å². The van der Waals surface area contributed by atoms with E-state index in [0.29, 0.717) is 29.2 Å². The van der Waals surface area contributed by atoms with Crippen LogP contribution in [0.2, 0.25) is 0 Å². The molecule has 112 valence electrons. The first kappa shape index (κ1) is 15.5. The van der Waals surface area contributed by atoms with Gasteiger partial charge in [0.05, 0.1) is 20.8 Å². The average Bonchev–Trinajstić information content (AvgIpc) is 2.46. The fraction of sp³-hybridized carbons (Fsp3) is 0.333. The topological polar surface area (TPSA) is 56.4 Å². The molecule has 0 aliphatic carbocycles. The minimum atomic E-state index is 0.477. The smallest absolute Gasteiger partial charge is 0.161 e. The third kappa shape index (κ3) is 4.03. The van der Waals surface area contributed by atoms with Crippen molar-refractivity contribution in [3.8, 4) is 11.5 Å². The summed E-state index contributed by atoms with van der Waals surface area (Å²) in [6.45, 7) is 0.477. The second-order valence-electron chi connectivity index (χ2n) is 4.49. The molecule has 21 heavy (non-hydrogen) atoms. The summed E-state index contributed by atoms with van der Waals surface area (Å²) in [6.07, 6.45) is 0.627. The minimum absolute atomic E-state index is 0.477. The van der Waals surface area contributed by atoms with E-state index in [-0.39, 0.29) is 0 Å². The largest absolute Gasteiger partial charge is 0.493 e. The normalized spacial score (nSPS) is 10.4. The summed E-state index contributed by atoms with van der Waals surface area (Å²) in [5.74, 6) is 2.19. The van der Waals surface area contributed by atoms with Crippen molar-refractivity contribution in [3.63, 3.8) is 0 Å². The Morgan fingerprint density at radius 3 is 2.52 bits per heavy atom. The molecule has 0 unspecified atom stereocenters. The number of aromatic nitrogens is 2. The van der Waals surface area contributed by atoms with Crippen LogP contribution in [0.1, 0.15) is 17.1 Å². The van der Waals surface area contributed by atoms with Crippen molar-refractivity contribution in [2.45, 2.75) is 13.0 Å². The molecule has 1 aromatic carbocycles. The number of methoxy groups -OCH3 is 3. The van der Waals surface area contributed by atoms with Crippen LogP contribution >= 0.6 is 12.2 Å². The van der Waals surface area contributed by atoms with Crippen LogP contribution in [0.15, 0.2) is 24.3 Å². The van der Waals surface area contributed by atoms with Gasteiger partial charge in [-0.15, -0.1) is 0 Å². The van der Waals surface area contributed by atoms with Gasteiger partial charge < -0.3 is 19.2 Å². The molecule has 6 heteroatoms. The lowest BCUT2D eigenvalue weighted by atomic mass is 10.1. The van der Waals surface area contributed by atoms with Crippen molar-refractivity contribution >= 4 is 12.2 Å². The molecule has 0 aliphatic rings. The van der Waals surface area contributed by atoms with Gasteiger partial charge in [0, 0.05) is 19.2 Å². The van der Waals surface area contributed by atoms with Crippen molar-refractivity contribution in [1.29, 1.82) is 0 Å². The summed E-state index contributed by atoms with van der Waals surface area (Å²) in [5, 5.41) is 0. The Bertz CT molecular complexity index is 670. The monoisotopic (exact) mass is 306 g/mol. The maximum Gasteiger partial charge on any atom is 0.161 e. The number of H-pyrrole nitrogens is 1. The van der Waals surface area contributed by atoms with E-state index in [4.69, 9.17) is 26.4 Å². The second-order valence-corrected chi connectivity index (χ2v) is 4.91. The molecule has 0 bridgehead atoms. The van der Waals surface area contributed by atoms with Gasteiger partial charge in [-0.2, -0.15) is 0 Å². The van der Waals surface area contributed by atoms with Gasteiger partial charge in [0.25, 0.3) is 0 Å². The molecular weight excluding hydrogens is 288 g/mol. The molecule has 1 heterocycles. The summed E-state index contributed by atoms with van der Waals surface area (Å²) in [6, 6.07) is 7.59. The molecule has 1 N–H and O–H groups in total. The van der Waals surface area contributed by atoms with Crippen molar-refractivity contribution in [1.82, 2.24) is 9.97 Å². The summed E-state index contributed by atoms with van der Waals surface area (Å²) in [5.41, 5.74) is 1.97. The first-order valence-electron chi connectivity index (χ1n) is 6.45. The predicted octanol–water partition coefficient (Wildman–Crippen LogP) is 2.89. The van der Waals surface area contributed by atoms with Gasteiger partial charge in [-0.3, -0.25) is 0 Å². The van der Waals surface area contributed by atoms with Gasteiger partial charge in [-0.05, 0) is 23.8 Å². The SMILES string of the molecule is COCc1cc(=S)nc(Cc2ccc(OC)c(OC)c2)[nH]1. The molecule has 0 spiro atoms. The first-order valence-corrected chi connectivity index (χ1v) is 6.86. The van der Waals surface area contributed by atoms with E-state index >= 15 is 0 Å². The number of nitrogens with zero attached hydrogens (tertiary/aromatic N) is 1. The fourth-order valence-electron chi connectivity index (χ4n) is 2.06. The van der Waals surface area contributed by atoms with Crippen LogP contribution in [0.4, 0.5) is 0 Å². The standard InChI is InChI=1S/C15H18N2O3S/c1-18-9-11-8-15(21)17-14(16-11)7-10-4-5-12(19-2)13(6-10)20-3/h4-6,8H,7,9H2,1-3H3,(H,16,17,21). The molecular formula is C15H18N2O3S. The van der Waals surface area contributed by atoms with E-state index in [9.17, 15) is 0 Å². The average molecular weight is 306 g/mol. The quantitative estimate of drug-likeness (QED) is 0.832. The summed E-state index contributed by atoms with van der Waals surface area (Å²) in [7, 11) is 4.88. The number of hydrogen-bond acceptors (Lipinski definition) is 5. The number of rotatable bonds is 6. The summed E-state index contributed by atoms with van der Waals surface area (Å²) >= 11 is 5.17. The predicted molar refractivity (Wildman–Crippen MR) is 82.5 cm³/mol. The molecule has 2 aromatic rings. The molecule has 0 saturated heterocycles. The molecule has 0 amide bonds. The highest BCUT2D eigenvalue weighted by atomic mass is 32.1. The zero-order chi connectivity index (χ0) is 15.2. The molecule has 0 saturated carbocycles. The van der Waals surface area contributed by atoms with E-state index in [2.05, 4.69) is 9.97 Å². The Balaban J connectivity index is 2.27. The third-order valence-electron chi connectivity index (χ3n) is 2.97. The van der Waals surface area contributed by atoms with Gasteiger partial charge in [-0.25, -0.2) is 4.98 Å². The number of aromatic amines is 1. The number of nitrogens with one attached hydrogen (secondary N) is 1. The molecule has 2 rings (SSSR count). The second kappa shape index (κ2) is 7.19. The molecule has 5 nitrogen and oxygen atoms in total. The highest BCUT2D eigenvalue weighted by Gasteiger charge is 2.07. The number of hydrogen-bond donors (Lipinski definition) is 1. The lowest BCUT2D eigenvalue weighted by Crippen LogP contribution is -2.02. The van der Waals surface area contributed by atoms with E-state index in [1.54, 1.807) is 27.4 Å². The van der Waals surface area contributed by atoms with Crippen LogP contribution in [0.3, 0.4) is 0 Å². The summed E-state index contributed by atoms with van der Waals surface area (Å²) in [4.78, 5) is 7.57. The highest BCUT2D eigenvalue weighted by Crippen LogP contribution is 2.28. The lowest BCUT2D eigenvalue weighted by Gasteiger charge is -2.10. The van der Waals surface area contributed by atoms with Crippen molar-refractivity contribution < 1.29 is 14.2 Å². The lowest BCUT2D eigenvalue weighted by molar-refractivity contribution is 0.181. The van der Waals surface area contributed by atoms with Crippen molar-refractivity contribution in [2.75, 3.05) is 21.3 Å². The Kier molecular flexibility index (Phi) is 5.30. The van der Waals surface area contributed by atoms with Crippen LogP contribution in [0.5, 0.6) is 11.5 Å². The van der Waals surface area contributed by atoms with Crippen molar-refractivity contribution in [2.24, 2.45) is 0 Å². The molecule has 0 atom stereocenters. The zero-order valence-corrected chi connectivity index (χ0v) is 13.1. The first-order chi connectivity index (χ1) is 10.2. The van der Waals surface area contributed by atoms with Crippen LogP contribution in [0, 0.1) is 4.64 Å². The Morgan fingerprint density at radius 1 is 1.10 bits per heavy atom. The van der Waals surface area contributed by atoms with Gasteiger partial charge in [0.2, 0.25) is 0 Å². The highest BCUT2D eigenvalue weighted by molar-refractivity contribution is 7.71. The third-order valence-corrected chi connectivity index (χ3v) is 3.18. The minimum Gasteiger partial charge on any atom is -0.493 e. The van der Waals surface area contributed by atoms with Crippen LogP contribution in [-0.4, -0.2) is 31.3 Å². The fourth-order valence-corrected chi connectivity index (χ4v) is 2.32. The van der Waals surface area contributed by atoms with Crippen LogP contribution in [-0.2, 0) is 17.8 Å². The molecule has 0 radical (unpaired) electrons. The number of ether oxygens (including phenoxy) is 3. The van der Waals surface area contributed by atoms with E-state index in [1.165, 1.54) is 0 Å². The number of benzene rings is 1. The van der Waals surface area contributed by atoms with E-state index < -0.39 is 0 Å². The van der Waals surface area contributed by atoms with E-state index in [0.717, 1.165) is 17.1 Å². The zero-order valence-electron chi connectivity index (χ0n) is 12.3. The van der Waals surface area contributed by atoms with Crippen molar-refractivity contribution in [3.05, 3.63) is 46.0 Å². The molecule has 0 aliphatic heterocycles. The summed E-state index contributed by atoms with van der Waals surface area (Å²) < 4.78 is 16.2. The Labute approximate surface area is 128 Å². The van der Waals surface area contributed by atoms with Gasteiger partial charge >= 0.3 is 0 Å². The maximum atomic E-state index is 5.30. The maximum absolute atomic E-state index is 5.30.